The normalized spacial score (nSPS) is 17.5. The number of aryl methyl sites for hydroxylation is 1. The summed E-state index contributed by atoms with van der Waals surface area (Å²) in [6, 6.07) is 14.1. The van der Waals surface area contributed by atoms with E-state index in [0.717, 1.165) is 22.4 Å². The van der Waals surface area contributed by atoms with Crippen molar-refractivity contribution in [1.29, 1.82) is 5.26 Å². The molecular formula is C27H27FN6O. The van der Waals surface area contributed by atoms with Crippen molar-refractivity contribution >= 4 is 17.4 Å². The first kappa shape index (κ1) is 22.9. The number of nitrogens with zero attached hydrogens (tertiary/aromatic N) is 5. The molecule has 2 aliphatic rings. The maximum absolute atomic E-state index is 14.8. The van der Waals surface area contributed by atoms with Crippen molar-refractivity contribution in [3.63, 3.8) is 0 Å². The highest BCUT2D eigenvalue weighted by Gasteiger charge is 2.56. The maximum atomic E-state index is 14.8. The first-order valence-electron chi connectivity index (χ1n) is 11.6. The average molecular weight is 471 g/mol. The summed E-state index contributed by atoms with van der Waals surface area (Å²) in [7, 11) is 1.96. The van der Waals surface area contributed by atoms with Gasteiger partial charge in [-0.2, -0.15) is 5.26 Å². The van der Waals surface area contributed by atoms with Gasteiger partial charge in [0, 0.05) is 18.7 Å². The summed E-state index contributed by atoms with van der Waals surface area (Å²) in [5, 5.41) is 13.0. The molecule has 1 spiro atoms. The van der Waals surface area contributed by atoms with Gasteiger partial charge in [-0.3, -0.25) is 4.79 Å². The number of rotatable bonds is 4. The Morgan fingerprint density at radius 1 is 1.14 bits per heavy atom. The molecule has 1 saturated heterocycles. The van der Waals surface area contributed by atoms with E-state index in [1.165, 1.54) is 11.0 Å². The molecule has 2 aromatic carbocycles. The van der Waals surface area contributed by atoms with Crippen LogP contribution in [-0.2, 0) is 16.8 Å². The van der Waals surface area contributed by atoms with Gasteiger partial charge in [0.05, 0.1) is 35.6 Å². The molecule has 1 fully saturated rings. The number of nitrogens with one attached hydrogen (secondary N) is 1. The van der Waals surface area contributed by atoms with Gasteiger partial charge in [0.25, 0.3) is 0 Å². The number of nitriles is 1. The first-order chi connectivity index (χ1) is 16.7. The minimum atomic E-state index is -0.839. The quantitative estimate of drug-likeness (QED) is 0.620. The minimum Gasteiger partial charge on any atom is -0.363 e. The number of amides is 1. The summed E-state index contributed by atoms with van der Waals surface area (Å²) in [6.45, 7) is 6.97. The van der Waals surface area contributed by atoms with Gasteiger partial charge in [-0.25, -0.2) is 14.4 Å². The summed E-state index contributed by atoms with van der Waals surface area (Å²) < 4.78 is 14.8. The Morgan fingerprint density at radius 3 is 2.57 bits per heavy atom. The third kappa shape index (κ3) is 3.63. The van der Waals surface area contributed by atoms with Crippen molar-refractivity contribution in [2.45, 2.75) is 38.8 Å². The number of fused-ring (bicyclic) bond motifs is 2. The van der Waals surface area contributed by atoms with Crippen molar-refractivity contribution in [2.75, 3.05) is 30.4 Å². The third-order valence-corrected chi connectivity index (χ3v) is 7.08. The Labute approximate surface area is 204 Å². The number of benzene rings is 2. The van der Waals surface area contributed by atoms with Crippen molar-refractivity contribution in [3.8, 4) is 6.07 Å². The van der Waals surface area contributed by atoms with E-state index >= 15 is 0 Å². The Hall–Kier alpha value is -3.83. The van der Waals surface area contributed by atoms with Crippen LogP contribution in [0.25, 0.3) is 0 Å². The van der Waals surface area contributed by atoms with Crippen LogP contribution in [0.3, 0.4) is 0 Å². The standard InChI is InChI=1S/C27H27FN6O/c1-16-19(12-29)8-7-9-20(16)17(2)30-25-21-13-34(23-11-6-5-10-22(23)28)26(35)27(14-33(4)15-27)24(21)31-18(3)32-25/h5-11,17H,13-15H2,1-4H3,(H,30,31,32)/t17-/m1/s1. The zero-order valence-electron chi connectivity index (χ0n) is 20.3. The number of carbonyl (C=O) groups excluding carboxylic acids is 1. The van der Waals surface area contributed by atoms with Crippen LogP contribution in [0, 0.1) is 31.0 Å². The number of para-hydroxylation sites is 1. The van der Waals surface area contributed by atoms with Crippen LogP contribution in [0.5, 0.6) is 0 Å². The van der Waals surface area contributed by atoms with Crippen LogP contribution in [-0.4, -0.2) is 40.9 Å². The number of likely N-dealkylation sites (N-methyl/N-ethyl adjacent to an activating group) is 1. The van der Waals surface area contributed by atoms with Gasteiger partial charge in [-0.15, -0.1) is 0 Å². The summed E-state index contributed by atoms with van der Waals surface area (Å²) in [5.74, 6) is 0.626. The van der Waals surface area contributed by atoms with E-state index in [4.69, 9.17) is 9.97 Å². The fourth-order valence-corrected chi connectivity index (χ4v) is 5.40. The highest BCUT2D eigenvalue weighted by atomic mass is 19.1. The molecule has 7 nitrogen and oxygen atoms in total. The first-order valence-corrected chi connectivity index (χ1v) is 11.6. The highest BCUT2D eigenvalue weighted by Crippen LogP contribution is 2.44. The summed E-state index contributed by atoms with van der Waals surface area (Å²) in [5.41, 5.74) is 3.47. The van der Waals surface area contributed by atoms with Crippen molar-refractivity contribution in [1.82, 2.24) is 14.9 Å². The molecule has 1 amide bonds. The van der Waals surface area contributed by atoms with E-state index in [0.29, 0.717) is 30.3 Å². The summed E-state index contributed by atoms with van der Waals surface area (Å²) in [4.78, 5) is 26.8. The summed E-state index contributed by atoms with van der Waals surface area (Å²) >= 11 is 0. The van der Waals surface area contributed by atoms with Crippen LogP contribution in [0.2, 0.25) is 0 Å². The number of halogens is 1. The number of hydrogen-bond acceptors (Lipinski definition) is 6. The molecule has 8 heteroatoms. The zero-order chi connectivity index (χ0) is 24.9. The number of anilines is 2. The highest BCUT2D eigenvalue weighted by molar-refractivity contribution is 6.04. The van der Waals surface area contributed by atoms with Gasteiger partial charge >= 0.3 is 0 Å². The zero-order valence-corrected chi connectivity index (χ0v) is 20.3. The van der Waals surface area contributed by atoms with Crippen LogP contribution in [0.1, 0.15) is 46.7 Å². The summed E-state index contributed by atoms with van der Waals surface area (Å²) in [6.07, 6.45) is 0. The van der Waals surface area contributed by atoms with Crippen LogP contribution < -0.4 is 10.2 Å². The van der Waals surface area contributed by atoms with Gasteiger partial charge in [-0.05, 0) is 57.1 Å². The lowest BCUT2D eigenvalue weighted by atomic mass is 9.71. The maximum Gasteiger partial charge on any atom is 0.242 e. The molecule has 1 N–H and O–H groups in total. The number of aromatic nitrogens is 2. The number of hydrogen-bond donors (Lipinski definition) is 1. The van der Waals surface area contributed by atoms with Crippen LogP contribution in [0.15, 0.2) is 42.5 Å². The number of carbonyl (C=O) groups is 1. The van der Waals surface area contributed by atoms with Crippen LogP contribution >= 0.6 is 0 Å². The smallest absolute Gasteiger partial charge is 0.242 e. The Bertz CT molecular complexity index is 1370. The fraction of sp³-hybridized carbons (Fsp3) is 0.333. The second-order valence-electron chi connectivity index (χ2n) is 9.54. The Balaban J connectivity index is 1.61. The van der Waals surface area contributed by atoms with Crippen molar-refractivity contribution in [3.05, 3.63) is 82.1 Å². The van der Waals surface area contributed by atoms with Gasteiger partial charge in [0.15, 0.2) is 0 Å². The average Bonchev–Trinajstić information content (AvgIpc) is 2.81. The molecule has 0 bridgehead atoms. The second-order valence-corrected chi connectivity index (χ2v) is 9.54. The lowest BCUT2D eigenvalue weighted by Gasteiger charge is -2.52. The Kier molecular flexibility index (Phi) is 5.53. The van der Waals surface area contributed by atoms with E-state index in [-0.39, 0.29) is 24.2 Å². The topological polar surface area (TPSA) is 85.1 Å². The molecule has 0 saturated carbocycles. The van der Waals surface area contributed by atoms with E-state index in [2.05, 4.69) is 16.3 Å². The number of likely N-dealkylation sites (tertiary alicyclic amines) is 1. The third-order valence-electron chi connectivity index (χ3n) is 7.08. The van der Waals surface area contributed by atoms with Crippen LogP contribution in [0.4, 0.5) is 15.9 Å². The molecular weight excluding hydrogens is 443 g/mol. The van der Waals surface area contributed by atoms with Gasteiger partial charge in [-0.1, -0.05) is 24.3 Å². The fourth-order valence-electron chi connectivity index (χ4n) is 5.40. The largest absolute Gasteiger partial charge is 0.363 e. The minimum absolute atomic E-state index is 0.136. The molecule has 35 heavy (non-hydrogen) atoms. The van der Waals surface area contributed by atoms with Gasteiger partial charge < -0.3 is 15.1 Å². The second kappa shape index (κ2) is 8.43. The van der Waals surface area contributed by atoms with E-state index in [1.54, 1.807) is 24.3 Å². The molecule has 3 heterocycles. The van der Waals surface area contributed by atoms with Crippen molar-refractivity contribution in [2.24, 2.45) is 0 Å². The van der Waals surface area contributed by atoms with Crippen molar-refractivity contribution < 1.29 is 9.18 Å². The molecule has 1 aromatic heterocycles. The van der Waals surface area contributed by atoms with Gasteiger partial charge in [0.1, 0.15) is 22.9 Å². The van der Waals surface area contributed by atoms with E-state index in [1.807, 2.05) is 40.0 Å². The van der Waals surface area contributed by atoms with E-state index in [9.17, 15) is 14.4 Å². The SMILES string of the molecule is Cc1nc(N[C@H](C)c2cccc(C#N)c2C)c2c(n1)C1(CN(C)C1)C(=O)N(c1ccccc1F)C2. The lowest BCUT2D eigenvalue weighted by molar-refractivity contribution is -0.131. The predicted molar refractivity (Wildman–Crippen MR) is 131 cm³/mol. The van der Waals surface area contributed by atoms with E-state index < -0.39 is 11.2 Å². The molecule has 0 radical (unpaired) electrons. The molecule has 1 atom stereocenters. The molecule has 2 aliphatic heterocycles. The molecule has 0 unspecified atom stereocenters. The molecule has 178 valence electrons. The van der Waals surface area contributed by atoms with Gasteiger partial charge in [0.2, 0.25) is 5.91 Å². The monoisotopic (exact) mass is 470 g/mol. The Morgan fingerprint density at radius 2 is 1.89 bits per heavy atom. The molecule has 0 aliphatic carbocycles. The molecule has 5 rings (SSSR count). The lowest BCUT2D eigenvalue weighted by Crippen LogP contribution is -2.68. The molecule has 3 aromatic rings. The predicted octanol–water partition coefficient (Wildman–Crippen LogP) is 4.01.